The zero-order valence-electron chi connectivity index (χ0n) is 14.4. The van der Waals surface area contributed by atoms with Gasteiger partial charge < -0.3 is 0 Å². The second-order valence-corrected chi connectivity index (χ2v) is 6.96. The standard InChI is InChI=1S/C21H24N2/c1-5-16-12-13-21(3,4)20-11-10-18(14-19(16)20)23-22-17-8-6-15(2)7-9-17/h5-11,14H,12-13H2,1-4H3. The summed E-state index contributed by atoms with van der Waals surface area (Å²) in [5.74, 6) is 0. The van der Waals surface area contributed by atoms with E-state index in [1.165, 1.54) is 28.7 Å². The Labute approximate surface area is 139 Å². The van der Waals surface area contributed by atoms with Crippen molar-refractivity contribution in [1.29, 1.82) is 0 Å². The third kappa shape index (κ3) is 3.26. The van der Waals surface area contributed by atoms with Crippen molar-refractivity contribution in [2.24, 2.45) is 10.2 Å². The molecule has 2 aromatic rings. The van der Waals surface area contributed by atoms with Gasteiger partial charge in [0.1, 0.15) is 0 Å². The maximum Gasteiger partial charge on any atom is 0.0863 e. The average Bonchev–Trinajstić information content (AvgIpc) is 2.54. The lowest BCUT2D eigenvalue weighted by atomic mass is 9.71. The van der Waals surface area contributed by atoms with Gasteiger partial charge in [-0.25, -0.2) is 0 Å². The molecule has 0 aromatic heterocycles. The quantitative estimate of drug-likeness (QED) is 0.540. The molecule has 23 heavy (non-hydrogen) atoms. The topological polar surface area (TPSA) is 24.7 Å². The Morgan fingerprint density at radius 1 is 0.957 bits per heavy atom. The number of aryl methyl sites for hydroxylation is 1. The highest BCUT2D eigenvalue weighted by Gasteiger charge is 2.29. The van der Waals surface area contributed by atoms with Crippen molar-refractivity contribution in [3.63, 3.8) is 0 Å². The first-order valence-electron chi connectivity index (χ1n) is 8.28. The molecule has 0 heterocycles. The van der Waals surface area contributed by atoms with Crippen molar-refractivity contribution in [2.75, 3.05) is 0 Å². The Hall–Kier alpha value is -2.22. The zero-order chi connectivity index (χ0) is 16.4. The molecule has 2 nitrogen and oxygen atoms in total. The highest BCUT2D eigenvalue weighted by molar-refractivity contribution is 5.73. The van der Waals surface area contributed by atoms with Gasteiger partial charge >= 0.3 is 0 Å². The Balaban J connectivity index is 1.95. The molecule has 0 N–H and O–H groups in total. The summed E-state index contributed by atoms with van der Waals surface area (Å²) in [5.41, 5.74) is 7.45. The minimum atomic E-state index is 0.231. The second-order valence-electron chi connectivity index (χ2n) is 6.96. The lowest BCUT2D eigenvalue weighted by Gasteiger charge is -2.34. The van der Waals surface area contributed by atoms with Crippen LogP contribution in [0.5, 0.6) is 0 Å². The Kier molecular flexibility index (Phi) is 4.16. The van der Waals surface area contributed by atoms with Gasteiger partial charge in [0, 0.05) is 0 Å². The molecule has 0 atom stereocenters. The van der Waals surface area contributed by atoms with Crippen molar-refractivity contribution in [3.05, 3.63) is 65.2 Å². The van der Waals surface area contributed by atoms with Crippen molar-refractivity contribution in [1.82, 2.24) is 0 Å². The normalized spacial score (nSPS) is 18.3. The minimum absolute atomic E-state index is 0.231. The van der Waals surface area contributed by atoms with Crippen LogP contribution in [0, 0.1) is 6.92 Å². The summed E-state index contributed by atoms with van der Waals surface area (Å²) in [7, 11) is 0. The molecule has 0 unspecified atom stereocenters. The Bertz CT molecular complexity index is 765. The van der Waals surface area contributed by atoms with Crippen LogP contribution in [-0.2, 0) is 5.41 Å². The van der Waals surface area contributed by atoms with Gasteiger partial charge in [-0.1, -0.05) is 43.7 Å². The molecule has 2 heteroatoms. The number of hydrogen-bond acceptors (Lipinski definition) is 2. The summed E-state index contributed by atoms with van der Waals surface area (Å²) in [6, 6.07) is 14.6. The molecule has 118 valence electrons. The molecule has 1 aliphatic carbocycles. The average molecular weight is 304 g/mol. The molecule has 0 amide bonds. The largest absolute Gasteiger partial charge is 0.151 e. The van der Waals surface area contributed by atoms with E-state index >= 15 is 0 Å². The van der Waals surface area contributed by atoms with E-state index in [9.17, 15) is 0 Å². The molecule has 3 rings (SSSR count). The van der Waals surface area contributed by atoms with Crippen LogP contribution in [0.2, 0.25) is 0 Å². The fourth-order valence-corrected chi connectivity index (χ4v) is 3.19. The molecule has 1 aliphatic rings. The van der Waals surface area contributed by atoms with Crippen LogP contribution in [0.1, 0.15) is 50.3 Å². The van der Waals surface area contributed by atoms with E-state index in [0.29, 0.717) is 0 Å². The number of hydrogen-bond donors (Lipinski definition) is 0. The van der Waals surface area contributed by atoms with Crippen LogP contribution in [0.15, 0.2) is 58.8 Å². The molecule has 0 radical (unpaired) electrons. The molecular formula is C21H24N2. The van der Waals surface area contributed by atoms with Crippen LogP contribution in [0.25, 0.3) is 5.57 Å². The maximum atomic E-state index is 4.43. The molecule has 0 aliphatic heterocycles. The molecule has 0 saturated carbocycles. The zero-order valence-corrected chi connectivity index (χ0v) is 14.4. The number of nitrogens with zero attached hydrogens (tertiary/aromatic N) is 2. The van der Waals surface area contributed by atoms with Gasteiger partial charge in [0.05, 0.1) is 11.4 Å². The van der Waals surface area contributed by atoms with Gasteiger partial charge in [-0.3, -0.25) is 0 Å². The van der Waals surface area contributed by atoms with Crippen molar-refractivity contribution < 1.29 is 0 Å². The summed E-state index contributed by atoms with van der Waals surface area (Å²) < 4.78 is 0. The van der Waals surface area contributed by atoms with Gasteiger partial charge in [0.25, 0.3) is 0 Å². The smallest absolute Gasteiger partial charge is 0.0863 e. The molecule has 2 aromatic carbocycles. The molecule has 0 saturated heterocycles. The van der Waals surface area contributed by atoms with Gasteiger partial charge in [-0.2, -0.15) is 10.2 Å². The molecule has 0 spiro atoms. The van der Waals surface area contributed by atoms with Crippen LogP contribution < -0.4 is 0 Å². The van der Waals surface area contributed by atoms with E-state index < -0.39 is 0 Å². The summed E-state index contributed by atoms with van der Waals surface area (Å²) in [6.45, 7) is 8.85. The monoisotopic (exact) mass is 304 g/mol. The first kappa shape index (κ1) is 15.7. The summed E-state index contributed by atoms with van der Waals surface area (Å²) >= 11 is 0. The van der Waals surface area contributed by atoms with E-state index in [1.54, 1.807) is 0 Å². The van der Waals surface area contributed by atoms with Gasteiger partial charge in [-0.05, 0) is 73.1 Å². The SMILES string of the molecule is CC=C1CCC(C)(C)c2ccc(N=Nc3ccc(C)cc3)cc21. The van der Waals surface area contributed by atoms with Gasteiger partial charge in [0.2, 0.25) is 0 Å². The number of rotatable bonds is 2. The van der Waals surface area contributed by atoms with Crippen molar-refractivity contribution >= 4 is 16.9 Å². The minimum Gasteiger partial charge on any atom is -0.151 e. The number of fused-ring (bicyclic) bond motifs is 1. The van der Waals surface area contributed by atoms with E-state index in [4.69, 9.17) is 0 Å². The number of allylic oxidation sites excluding steroid dienone is 2. The highest BCUT2D eigenvalue weighted by atomic mass is 15.1. The number of azo groups is 1. The van der Waals surface area contributed by atoms with Crippen LogP contribution in [-0.4, -0.2) is 0 Å². The maximum absolute atomic E-state index is 4.43. The predicted octanol–water partition coefficient (Wildman–Crippen LogP) is 6.89. The van der Waals surface area contributed by atoms with E-state index in [0.717, 1.165) is 17.8 Å². The van der Waals surface area contributed by atoms with E-state index in [1.807, 2.05) is 12.1 Å². The molecular weight excluding hydrogens is 280 g/mol. The van der Waals surface area contributed by atoms with E-state index in [-0.39, 0.29) is 5.41 Å². The number of benzene rings is 2. The lowest BCUT2D eigenvalue weighted by Crippen LogP contribution is -2.23. The summed E-state index contributed by atoms with van der Waals surface area (Å²) in [6.07, 6.45) is 4.56. The summed E-state index contributed by atoms with van der Waals surface area (Å²) in [4.78, 5) is 0. The summed E-state index contributed by atoms with van der Waals surface area (Å²) in [5, 5.41) is 8.79. The molecule has 0 fully saturated rings. The first-order valence-corrected chi connectivity index (χ1v) is 8.28. The van der Waals surface area contributed by atoms with Crippen LogP contribution in [0.4, 0.5) is 11.4 Å². The Morgan fingerprint density at radius 2 is 1.61 bits per heavy atom. The third-order valence-electron chi connectivity index (χ3n) is 4.76. The lowest BCUT2D eigenvalue weighted by molar-refractivity contribution is 0.474. The van der Waals surface area contributed by atoms with Crippen molar-refractivity contribution in [3.8, 4) is 0 Å². The van der Waals surface area contributed by atoms with Gasteiger partial charge in [0.15, 0.2) is 0 Å². The Morgan fingerprint density at radius 3 is 2.30 bits per heavy atom. The van der Waals surface area contributed by atoms with Gasteiger partial charge in [-0.15, -0.1) is 0 Å². The van der Waals surface area contributed by atoms with Crippen molar-refractivity contribution in [2.45, 2.75) is 46.0 Å². The fraction of sp³-hybridized carbons (Fsp3) is 0.333. The molecule has 0 bridgehead atoms. The predicted molar refractivity (Wildman–Crippen MR) is 97.7 cm³/mol. The third-order valence-corrected chi connectivity index (χ3v) is 4.76. The fourth-order valence-electron chi connectivity index (χ4n) is 3.19. The first-order chi connectivity index (χ1) is 11.0. The van der Waals surface area contributed by atoms with Crippen LogP contribution in [0.3, 0.4) is 0 Å². The highest BCUT2D eigenvalue weighted by Crippen LogP contribution is 2.43. The van der Waals surface area contributed by atoms with E-state index in [2.05, 4.69) is 74.3 Å². The van der Waals surface area contributed by atoms with Crippen LogP contribution >= 0.6 is 0 Å². The second kappa shape index (κ2) is 6.11.